The number of thioether (sulfide) groups is 1. The van der Waals surface area contributed by atoms with E-state index in [1.807, 2.05) is 12.1 Å². The zero-order chi connectivity index (χ0) is 16.3. The number of benzene rings is 1. The normalized spacial score (nSPS) is 11.5. The Morgan fingerprint density at radius 3 is 2.73 bits per heavy atom. The standard InChI is InChI=1S/C13H11I2N3O3S/c1-6-16-13(18-17-6)22-10(12(19)20)4-7-3-8(14)5-9(15)11(7)21-2/h3-5H,1-2H3,(H,19,20)(H,16,17,18)/b10-4-. The number of aromatic nitrogens is 3. The quantitative estimate of drug-likeness (QED) is 0.341. The van der Waals surface area contributed by atoms with E-state index in [-0.39, 0.29) is 4.91 Å². The molecule has 0 spiro atoms. The summed E-state index contributed by atoms with van der Waals surface area (Å²) in [5.74, 6) is 0.239. The third kappa shape index (κ3) is 4.35. The molecule has 9 heteroatoms. The fourth-order valence-corrected chi connectivity index (χ4v) is 4.50. The summed E-state index contributed by atoms with van der Waals surface area (Å²) in [6.45, 7) is 1.76. The van der Waals surface area contributed by atoms with Gasteiger partial charge in [-0.15, -0.1) is 5.10 Å². The Kier molecular flexibility index (Phi) is 6.09. The van der Waals surface area contributed by atoms with Crippen LogP contribution in [-0.4, -0.2) is 33.4 Å². The van der Waals surface area contributed by atoms with Gasteiger partial charge in [-0.1, -0.05) is 0 Å². The number of hydrogen-bond acceptors (Lipinski definition) is 5. The van der Waals surface area contributed by atoms with Crippen LogP contribution in [0.15, 0.2) is 22.2 Å². The number of aryl methyl sites for hydroxylation is 1. The molecular formula is C13H11I2N3O3S. The van der Waals surface area contributed by atoms with Crippen LogP contribution in [-0.2, 0) is 4.79 Å². The summed E-state index contributed by atoms with van der Waals surface area (Å²) in [6, 6.07) is 3.83. The van der Waals surface area contributed by atoms with Crippen molar-refractivity contribution in [1.29, 1.82) is 0 Å². The average Bonchev–Trinajstić information content (AvgIpc) is 2.83. The van der Waals surface area contributed by atoms with Crippen LogP contribution in [0.2, 0.25) is 0 Å². The van der Waals surface area contributed by atoms with Gasteiger partial charge < -0.3 is 9.84 Å². The molecule has 116 valence electrons. The highest BCUT2D eigenvalue weighted by atomic mass is 127. The van der Waals surface area contributed by atoms with Gasteiger partial charge in [-0.05, 0) is 82.1 Å². The summed E-state index contributed by atoms with van der Waals surface area (Å²) in [5.41, 5.74) is 0.705. The molecule has 0 saturated carbocycles. The fourth-order valence-electron chi connectivity index (χ4n) is 1.65. The number of aromatic amines is 1. The maximum atomic E-state index is 11.5. The number of carboxylic acid groups (broad SMARTS) is 1. The summed E-state index contributed by atoms with van der Waals surface area (Å²) < 4.78 is 7.29. The number of rotatable bonds is 5. The predicted octanol–water partition coefficient (Wildman–Crippen LogP) is 3.55. The smallest absolute Gasteiger partial charge is 0.342 e. The second-order valence-electron chi connectivity index (χ2n) is 4.13. The van der Waals surface area contributed by atoms with Crippen molar-refractivity contribution < 1.29 is 14.6 Å². The molecule has 1 heterocycles. The molecule has 2 rings (SSSR count). The number of nitrogens with zero attached hydrogens (tertiary/aromatic N) is 2. The van der Waals surface area contributed by atoms with Crippen LogP contribution < -0.4 is 4.74 Å². The molecule has 0 atom stereocenters. The van der Waals surface area contributed by atoms with E-state index in [1.165, 1.54) is 0 Å². The highest BCUT2D eigenvalue weighted by molar-refractivity contribution is 14.1. The van der Waals surface area contributed by atoms with Crippen LogP contribution in [0.5, 0.6) is 5.75 Å². The lowest BCUT2D eigenvalue weighted by molar-refractivity contribution is -0.131. The van der Waals surface area contributed by atoms with Gasteiger partial charge in [-0.2, -0.15) is 0 Å². The third-order valence-electron chi connectivity index (χ3n) is 2.52. The van der Waals surface area contributed by atoms with Gasteiger partial charge in [0, 0.05) is 9.13 Å². The minimum atomic E-state index is -1.04. The Labute approximate surface area is 158 Å². The summed E-state index contributed by atoms with van der Waals surface area (Å²) in [6.07, 6.45) is 1.57. The molecule has 0 saturated heterocycles. The van der Waals surface area contributed by atoms with E-state index in [1.54, 1.807) is 20.1 Å². The predicted molar refractivity (Wildman–Crippen MR) is 101 cm³/mol. The lowest BCUT2D eigenvalue weighted by atomic mass is 10.2. The van der Waals surface area contributed by atoms with Crippen molar-refractivity contribution in [2.24, 2.45) is 0 Å². The van der Waals surface area contributed by atoms with Gasteiger partial charge in [0.05, 0.1) is 10.7 Å². The zero-order valence-corrected chi connectivity index (χ0v) is 16.7. The van der Waals surface area contributed by atoms with Gasteiger partial charge in [0.15, 0.2) is 0 Å². The van der Waals surface area contributed by atoms with Crippen LogP contribution in [0.25, 0.3) is 6.08 Å². The molecule has 1 aromatic heterocycles. The Morgan fingerprint density at radius 1 is 1.45 bits per heavy atom. The first kappa shape index (κ1) is 17.5. The molecule has 22 heavy (non-hydrogen) atoms. The molecule has 0 radical (unpaired) electrons. The van der Waals surface area contributed by atoms with Crippen LogP contribution in [0, 0.1) is 14.1 Å². The second-order valence-corrected chi connectivity index (χ2v) is 7.55. The number of H-pyrrole nitrogens is 1. The molecule has 0 aliphatic heterocycles. The van der Waals surface area contributed by atoms with Crippen molar-refractivity contribution in [3.8, 4) is 5.75 Å². The molecule has 6 nitrogen and oxygen atoms in total. The fraction of sp³-hybridized carbons (Fsp3) is 0.154. The first-order chi connectivity index (χ1) is 10.4. The highest BCUT2D eigenvalue weighted by Gasteiger charge is 2.15. The zero-order valence-electron chi connectivity index (χ0n) is 11.6. The first-order valence-corrected chi connectivity index (χ1v) is 8.93. The molecule has 0 unspecified atom stereocenters. The number of halogens is 2. The number of carboxylic acids is 1. The Balaban J connectivity index is 2.44. The summed E-state index contributed by atoms with van der Waals surface area (Å²) in [5, 5.41) is 16.4. The van der Waals surface area contributed by atoms with Crippen molar-refractivity contribution in [3.63, 3.8) is 0 Å². The summed E-state index contributed by atoms with van der Waals surface area (Å²) in [7, 11) is 1.56. The van der Waals surface area contributed by atoms with Crippen molar-refractivity contribution in [3.05, 3.63) is 35.6 Å². The minimum Gasteiger partial charge on any atom is -0.495 e. The Hall–Kier alpha value is -0.820. The lowest BCUT2D eigenvalue weighted by Gasteiger charge is -2.09. The molecule has 0 fully saturated rings. The monoisotopic (exact) mass is 543 g/mol. The highest BCUT2D eigenvalue weighted by Crippen LogP contribution is 2.33. The van der Waals surface area contributed by atoms with Gasteiger partial charge in [-0.3, -0.25) is 5.10 Å². The van der Waals surface area contributed by atoms with E-state index in [0.717, 1.165) is 18.9 Å². The van der Waals surface area contributed by atoms with Gasteiger partial charge >= 0.3 is 5.97 Å². The summed E-state index contributed by atoms with van der Waals surface area (Å²) in [4.78, 5) is 15.7. The lowest BCUT2D eigenvalue weighted by Crippen LogP contribution is -1.99. The molecule has 0 aliphatic carbocycles. The Morgan fingerprint density at radius 2 is 2.18 bits per heavy atom. The second kappa shape index (κ2) is 7.64. The Bertz CT molecular complexity index is 746. The minimum absolute atomic E-state index is 0.120. The van der Waals surface area contributed by atoms with E-state index in [0.29, 0.717) is 22.3 Å². The molecule has 2 aromatic rings. The van der Waals surface area contributed by atoms with Crippen LogP contribution in [0.4, 0.5) is 0 Å². The number of carbonyl (C=O) groups is 1. The largest absolute Gasteiger partial charge is 0.495 e. The molecule has 0 aliphatic rings. The van der Waals surface area contributed by atoms with Crippen molar-refractivity contribution in [2.75, 3.05) is 7.11 Å². The van der Waals surface area contributed by atoms with Crippen LogP contribution in [0.3, 0.4) is 0 Å². The number of methoxy groups -OCH3 is 1. The van der Waals surface area contributed by atoms with Gasteiger partial charge in [0.1, 0.15) is 16.5 Å². The maximum absolute atomic E-state index is 11.5. The van der Waals surface area contributed by atoms with Crippen LogP contribution in [0.1, 0.15) is 11.4 Å². The maximum Gasteiger partial charge on any atom is 0.342 e. The molecule has 0 amide bonds. The summed E-state index contributed by atoms with van der Waals surface area (Å²) >= 11 is 5.33. The number of aliphatic carboxylic acids is 1. The first-order valence-electron chi connectivity index (χ1n) is 5.95. The van der Waals surface area contributed by atoms with Gasteiger partial charge in [0.2, 0.25) is 5.16 Å². The molecule has 2 N–H and O–H groups in total. The average molecular weight is 543 g/mol. The van der Waals surface area contributed by atoms with Gasteiger partial charge in [-0.25, -0.2) is 9.78 Å². The molecule has 1 aromatic carbocycles. The molecule has 0 bridgehead atoms. The van der Waals surface area contributed by atoms with Crippen molar-refractivity contribution in [1.82, 2.24) is 15.2 Å². The SMILES string of the molecule is COc1c(I)cc(I)cc1/C=C(\Sc1n[nH]c(C)n1)C(=O)O. The number of ether oxygens (including phenoxy) is 1. The topological polar surface area (TPSA) is 88.1 Å². The molecular weight excluding hydrogens is 532 g/mol. The van der Waals surface area contributed by atoms with E-state index < -0.39 is 5.97 Å². The van der Waals surface area contributed by atoms with E-state index in [2.05, 4.69) is 60.4 Å². The van der Waals surface area contributed by atoms with Crippen LogP contribution >= 0.6 is 56.9 Å². The van der Waals surface area contributed by atoms with E-state index in [4.69, 9.17) is 4.74 Å². The number of nitrogens with one attached hydrogen (secondary N) is 1. The van der Waals surface area contributed by atoms with E-state index >= 15 is 0 Å². The van der Waals surface area contributed by atoms with Crippen molar-refractivity contribution in [2.45, 2.75) is 12.1 Å². The third-order valence-corrected chi connectivity index (χ3v) is 4.82. The van der Waals surface area contributed by atoms with Crippen molar-refractivity contribution >= 4 is 69.0 Å². The number of hydrogen-bond donors (Lipinski definition) is 2. The van der Waals surface area contributed by atoms with E-state index in [9.17, 15) is 9.90 Å². The van der Waals surface area contributed by atoms with Gasteiger partial charge in [0.25, 0.3) is 0 Å².